The van der Waals surface area contributed by atoms with Crippen LogP contribution in [0.15, 0.2) is 18.2 Å². The summed E-state index contributed by atoms with van der Waals surface area (Å²) in [6, 6.07) is 4.49. The van der Waals surface area contributed by atoms with Crippen LogP contribution >= 0.6 is 11.3 Å². The molecule has 1 aliphatic heterocycles. The topological polar surface area (TPSA) is 95.4 Å². The Bertz CT molecular complexity index is 728. The lowest BCUT2D eigenvalue weighted by Gasteiger charge is -2.16. The van der Waals surface area contributed by atoms with Crippen LogP contribution < -0.4 is 10.2 Å². The SMILES string of the molecule is Cc1nnc(NC(=O)N2CCc3cc(C(=O)O)ccc32)s1. The molecule has 0 atom stereocenters. The Morgan fingerprint density at radius 1 is 1.38 bits per heavy atom. The Morgan fingerprint density at radius 2 is 2.19 bits per heavy atom. The molecule has 108 valence electrons. The van der Waals surface area contributed by atoms with E-state index in [1.54, 1.807) is 17.0 Å². The van der Waals surface area contributed by atoms with Crippen LogP contribution in [0.3, 0.4) is 0 Å². The molecule has 0 saturated heterocycles. The normalized spacial score (nSPS) is 13.1. The monoisotopic (exact) mass is 304 g/mol. The largest absolute Gasteiger partial charge is 0.478 e. The first-order valence-corrected chi connectivity index (χ1v) is 7.11. The number of carbonyl (C=O) groups excluding carboxylic acids is 1. The lowest BCUT2D eigenvalue weighted by molar-refractivity contribution is 0.0697. The summed E-state index contributed by atoms with van der Waals surface area (Å²) in [5.74, 6) is -0.968. The molecule has 0 spiro atoms. The number of hydrogen-bond donors (Lipinski definition) is 2. The van der Waals surface area contributed by atoms with Gasteiger partial charge in [0.25, 0.3) is 0 Å². The zero-order chi connectivity index (χ0) is 15.0. The minimum Gasteiger partial charge on any atom is -0.478 e. The molecule has 7 nitrogen and oxygen atoms in total. The third kappa shape index (κ3) is 2.57. The summed E-state index contributed by atoms with van der Waals surface area (Å²) in [6.07, 6.45) is 0.638. The van der Waals surface area contributed by atoms with E-state index in [0.717, 1.165) is 16.3 Å². The molecular weight excluding hydrogens is 292 g/mol. The van der Waals surface area contributed by atoms with E-state index in [1.807, 2.05) is 6.92 Å². The summed E-state index contributed by atoms with van der Waals surface area (Å²) in [5.41, 5.74) is 1.83. The standard InChI is InChI=1S/C13H12N4O3S/c1-7-15-16-12(21-7)14-13(20)17-5-4-8-6-9(11(18)19)2-3-10(8)17/h2-3,6H,4-5H2,1H3,(H,18,19)(H,14,16,20). The zero-order valence-corrected chi connectivity index (χ0v) is 12.0. The molecule has 0 unspecified atom stereocenters. The van der Waals surface area contributed by atoms with Gasteiger partial charge in [0.05, 0.1) is 5.56 Å². The highest BCUT2D eigenvalue weighted by Crippen LogP contribution is 2.29. The molecule has 21 heavy (non-hydrogen) atoms. The number of urea groups is 1. The first kappa shape index (κ1) is 13.5. The number of aryl methyl sites for hydroxylation is 1. The van der Waals surface area contributed by atoms with Gasteiger partial charge in [-0.1, -0.05) is 11.3 Å². The van der Waals surface area contributed by atoms with Crippen LogP contribution in [0.5, 0.6) is 0 Å². The van der Waals surface area contributed by atoms with Gasteiger partial charge in [-0.05, 0) is 37.1 Å². The average Bonchev–Trinajstić information content (AvgIpc) is 3.04. The Hall–Kier alpha value is -2.48. The van der Waals surface area contributed by atoms with Gasteiger partial charge in [-0.15, -0.1) is 10.2 Å². The molecular formula is C13H12N4O3S. The van der Waals surface area contributed by atoms with Crippen LogP contribution in [0, 0.1) is 6.92 Å². The number of carboxylic acid groups (broad SMARTS) is 1. The van der Waals surface area contributed by atoms with Gasteiger partial charge < -0.3 is 5.11 Å². The van der Waals surface area contributed by atoms with E-state index in [-0.39, 0.29) is 11.6 Å². The summed E-state index contributed by atoms with van der Waals surface area (Å²) in [5, 5.41) is 20.6. The highest BCUT2D eigenvalue weighted by Gasteiger charge is 2.26. The summed E-state index contributed by atoms with van der Waals surface area (Å²) in [6.45, 7) is 2.33. The van der Waals surface area contributed by atoms with Crippen molar-refractivity contribution < 1.29 is 14.7 Å². The molecule has 2 aromatic rings. The van der Waals surface area contributed by atoms with Crippen LogP contribution in [0.1, 0.15) is 20.9 Å². The van der Waals surface area contributed by atoms with Crippen LogP contribution in [-0.2, 0) is 6.42 Å². The van der Waals surface area contributed by atoms with Crippen molar-refractivity contribution in [2.75, 3.05) is 16.8 Å². The molecule has 0 aliphatic carbocycles. The van der Waals surface area contributed by atoms with Gasteiger partial charge in [0, 0.05) is 12.2 Å². The molecule has 3 rings (SSSR count). The number of carbonyl (C=O) groups is 2. The summed E-state index contributed by atoms with van der Waals surface area (Å²) in [7, 11) is 0. The molecule has 1 aromatic heterocycles. The highest BCUT2D eigenvalue weighted by atomic mass is 32.1. The maximum Gasteiger partial charge on any atom is 0.335 e. The highest BCUT2D eigenvalue weighted by molar-refractivity contribution is 7.15. The maximum atomic E-state index is 12.2. The lowest BCUT2D eigenvalue weighted by atomic mass is 10.1. The van der Waals surface area contributed by atoms with Crippen molar-refractivity contribution in [2.45, 2.75) is 13.3 Å². The van der Waals surface area contributed by atoms with E-state index >= 15 is 0 Å². The average molecular weight is 304 g/mol. The van der Waals surface area contributed by atoms with Gasteiger partial charge in [0.15, 0.2) is 0 Å². The van der Waals surface area contributed by atoms with Crippen LogP contribution in [0.2, 0.25) is 0 Å². The molecule has 2 heterocycles. The molecule has 1 aromatic carbocycles. The first-order chi connectivity index (χ1) is 10.0. The number of benzene rings is 1. The Labute approximate surface area is 124 Å². The number of carboxylic acids is 1. The second-order valence-electron chi connectivity index (χ2n) is 4.61. The fraction of sp³-hybridized carbons (Fsp3) is 0.231. The van der Waals surface area contributed by atoms with Crippen molar-refractivity contribution >= 4 is 34.2 Å². The summed E-state index contributed by atoms with van der Waals surface area (Å²) < 4.78 is 0. The number of aromatic nitrogens is 2. The van der Waals surface area contributed by atoms with Gasteiger partial charge in [0.2, 0.25) is 5.13 Å². The molecule has 0 fully saturated rings. The van der Waals surface area contributed by atoms with E-state index in [2.05, 4.69) is 15.5 Å². The smallest absolute Gasteiger partial charge is 0.335 e. The van der Waals surface area contributed by atoms with Crippen LogP contribution in [0.4, 0.5) is 15.6 Å². The van der Waals surface area contributed by atoms with Gasteiger partial charge in [-0.2, -0.15) is 0 Å². The van der Waals surface area contributed by atoms with Crippen LogP contribution in [0.25, 0.3) is 0 Å². The second kappa shape index (κ2) is 5.13. The number of nitrogens with one attached hydrogen (secondary N) is 1. The minimum absolute atomic E-state index is 0.232. The van der Waals surface area contributed by atoms with E-state index in [0.29, 0.717) is 18.1 Å². The van der Waals surface area contributed by atoms with Crippen molar-refractivity contribution in [3.63, 3.8) is 0 Å². The third-order valence-corrected chi connectivity index (χ3v) is 3.96. The first-order valence-electron chi connectivity index (χ1n) is 6.29. The zero-order valence-electron chi connectivity index (χ0n) is 11.2. The Morgan fingerprint density at radius 3 is 2.86 bits per heavy atom. The number of rotatable bonds is 2. The molecule has 2 N–H and O–H groups in total. The van der Waals surface area contributed by atoms with Gasteiger partial charge in [-0.3, -0.25) is 10.2 Å². The number of amides is 2. The fourth-order valence-electron chi connectivity index (χ4n) is 2.25. The van der Waals surface area contributed by atoms with Crippen LogP contribution in [-0.4, -0.2) is 33.8 Å². The fourth-order valence-corrected chi connectivity index (χ4v) is 2.83. The number of hydrogen-bond acceptors (Lipinski definition) is 5. The van der Waals surface area contributed by atoms with Crippen molar-refractivity contribution in [1.29, 1.82) is 0 Å². The Balaban J connectivity index is 1.80. The van der Waals surface area contributed by atoms with E-state index in [9.17, 15) is 9.59 Å². The van der Waals surface area contributed by atoms with Crippen molar-refractivity contribution in [3.05, 3.63) is 34.3 Å². The van der Waals surface area contributed by atoms with E-state index < -0.39 is 5.97 Å². The number of anilines is 2. The van der Waals surface area contributed by atoms with Crippen molar-refractivity contribution in [2.24, 2.45) is 0 Å². The maximum absolute atomic E-state index is 12.2. The van der Waals surface area contributed by atoms with E-state index in [1.165, 1.54) is 17.4 Å². The predicted molar refractivity (Wildman–Crippen MR) is 78.1 cm³/mol. The van der Waals surface area contributed by atoms with Gasteiger partial charge >= 0.3 is 12.0 Å². The number of fused-ring (bicyclic) bond motifs is 1. The molecule has 8 heteroatoms. The molecule has 0 bridgehead atoms. The number of aromatic carboxylic acids is 1. The molecule has 2 amide bonds. The number of nitrogens with zero attached hydrogens (tertiary/aromatic N) is 3. The van der Waals surface area contributed by atoms with Gasteiger partial charge in [-0.25, -0.2) is 9.59 Å². The van der Waals surface area contributed by atoms with Crippen molar-refractivity contribution in [1.82, 2.24) is 10.2 Å². The molecule has 0 saturated carbocycles. The quantitative estimate of drug-likeness (QED) is 0.886. The lowest BCUT2D eigenvalue weighted by Crippen LogP contribution is -2.33. The molecule has 0 radical (unpaired) electrons. The van der Waals surface area contributed by atoms with Crippen molar-refractivity contribution in [3.8, 4) is 0 Å². The minimum atomic E-state index is -0.968. The van der Waals surface area contributed by atoms with E-state index in [4.69, 9.17) is 5.11 Å². The second-order valence-corrected chi connectivity index (χ2v) is 5.79. The van der Waals surface area contributed by atoms with Gasteiger partial charge in [0.1, 0.15) is 5.01 Å². The third-order valence-electron chi connectivity index (χ3n) is 3.21. The summed E-state index contributed by atoms with van der Waals surface area (Å²) >= 11 is 1.30. The summed E-state index contributed by atoms with van der Waals surface area (Å²) in [4.78, 5) is 24.8. The molecule has 1 aliphatic rings. The predicted octanol–water partition coefficient (Wildman–Crippen LogP) is 2.14. The Kier molecular flexibility index (Phi) is 3.30.